The molecule has 2 rings (SSSR count). The first-order chi connectivity index (χ1) is 5.71. The minimum absolute atomic E-state index is 0.245. The molecule has 0 radical (unpaired) electrons. The summed E-state index contributed by atoms with van der Waals surface area (Å²) < 4.78 is 5.59. The van der Waals surface area contributed by atoms with Gasteiger partial charge in [0.2, 0.25) is 0 Å². The fourth-order valence-corrected chi connectivity index (χ4v) is 1.53. The predicted octanol–water partition coefficient (Wildman–Crippen LogP) is 1.14. The molecule has 1 aliphatic heterocycles. The van der Waals surface area contributed by atoms with Gasteiger partial charge in [0.15, 0.2) is 5.82 Å². The smallest absolute Gasteiger partial charge is 0.182 e. The largest absolute Gasteiger partial charge is 0.367 e. The maximum absolute atomic E-state index is 5.59. The van der Waals surface area contributed by atoms with E-state index in [9.17, 15) is 0 Å². The van der Waals surface area contributed by atoms with Crippen LogP contribution < -0.4 is 0 Å². The van der Waals surface area contributed by atoms with Gasteiger partial charge in [0.05, 0.1) is 0 Å². The maximum Gasteiger partial charge on any atom is 0.182 e. The van der Waals surface area contributed by atoms with Crippen molar-refractivity contribution in [1.29, 1.82) is 0 Å². The zero-order chi connectivity index (χ0) is 8.60. The standard InChI is InChI=1S/C8H13N3O/c1-6-9-7(11-10-6)8(2)4-3-5-12-8/h3-5H2,1-2H3,(H,9,10,11). The second-order valence-electron chi connectivity index (χ2n) is 3.43. The summed E-state index contributed by atoms with van der Waals surface area (Å²) in [5, 5.41) is 6.94. The highest BCUT2D eigenvalue weighted by Gasteiger charge is 2.35. The molecule has 0 saturated carbocycles. The summed E-state index contributed by atoms with van der Waals surface area (Å²) in [5.41, 5.74) is -0.245. The van der Waals surface area contributed by atoms with Crippen molar-refractivity contribution in [3.63, 3.8) is 0 Å². The molecule has 0 bridgehead atoms. The lowest BCUT2D eigenvalue weighted by atomic mass is 10.0. The Hall–Kier alpha value is -0.900. The molecule has 1 unspecified atom stereocenters. The summed E-state index contributed by atoms with van der Waals surface area (Å²) in [6.45, 7) is 4.77. The van der Waals surface area contributed by atoms with Gasteiger partial charge < -0.3 is 4.74 Å². The molecule has 1 atom stereocenters. The Morgan fingerprint density at radius 1 is 1.58 bits per heavy atom. The first-order valence-corrected chi connectivity index (χ1v) is 4.24. The summed E-state index contributed by atoms with van der Waals surface area (Å²) in [7, 11) is 0. The van der Waals surface area contributed by atoms with Crippen LogP contribution in [0, 0.1) is 6.92 Å². The zero-order valence-corrected chi connectivity index (χ0v) is 7.42. The first-order valence-electron chi connectivity index (χ1n) is 4.24. The topological polar surface area (TPSA) is 50.8 Å². The fraction of sp³-hybridized carbons (Fsp3) is 0.750. The molecule has 0 aliphatic carbocycles. The maximum atomic E-state index is 5.59. The SMILES string of the molecule is Cc1nc(C2(C)CCCO2)n[nH]1. The van der Waals surface area contributed by atoms with Crippen molar-refractivity contribution < 1.29 is 4.74 Å². The van der Waals surface area contributed by atoms with Crippen LogP contribution in [0.4, 0.5) is 0 Å². The van der Waals surface area contributed by atoms with E-state index in [4.69, 9.17) is 4.74 Å². The van der Waals surface area contributed by atoms with Gasteiger partial charge >= 0.3 is 0 Å². The molecule has 1 aromatic rings. The van der Waals surface area contributed by atoms with Crippen molar-refractivity contribution in [3.05, 3.63) is 11.6 Å². The molecule has 4 nitrogen and oxygen atoms in total. The van der Waals surface area contributed by atoms with Crippen molar-refractivity contribution in [2.24, 2.45) is 0 Å². The molecule has 1 saturated heterocycles. The van der Waals surface area contributed by atoms with Crippen LogP contribution in [0.3, 0.4) is 0 Å². The molecule has 1 N–H and O–H groups in total. The molecule has 0 spiro atoms. The summed E-state index contributed by atoms with van der Waals surface area (Å²) in [4.78, 5) is 4.27. The van der Waals surface area contributed by atoms with Crippen LogP contribution in [0.25, 0.3) is 0 Å². The van der Waals surface area contributed by atoms with E-state index in [1.807, 2.05) is 13.8 Å². The van der Waals surface area contributed by atoms with Gasteiger partial charge in [-0.05, 0) is 26.7 Å². The monoisotopic (exact) mass is 167 g/mol. The molecule has 1 fully saturated rings. The number of ether oxygens (including phenoxy) is 1. The average Bonchev–Trinajstić information content (AvgIpc) is 2.59. The molecular weight excluding hydrogens is 154 g/mol. The van der Waals surface area contributed by atoms with Crippen LogP contribution in [0.5, 0.6) is 0 Å². The Morgan fingerprint density at radius 2 is 2.42 bits per heavy atom. The molecule has 66 valence electrons. The minimum atomic E-state index is -0.245. The molecule has 4 heteroatoms. The van der Waals surface area contributed by atoms with E-state index in [1.54, 1.807) is 0 Å². The van der Waals surface area contributed by atoms with Crippen LogP contribution in [-0.2, 0) is 10.3 Å². The third-order valence-electron chi connectivity index (χ3n) is 2.29. The Morgan fingerprint density at radius 3 is 2.92 bits per heavy atom. The molecule has 12 heavy (non-hydrogen) atoms. The molecule has 2 heterocycles. The Bertz CT molecular complexity index is 276. The van der Waals surface area contributed by atoms with Crippen LogP contribution in [0.2, 0.25) is 0 Å². The van der Waals surface area contributed by atoms with Gasteiger partial charge in [-0.15, -0.1) is 0 Å². The number of nitrogens with one attached hydrogen (secondary N) is 1. The summed E-state index contributed by atoms with van der Waals surface area (Å²) >= 11 is 0. The van der Waals surface area contributed by atoms with Gasteiger partial charge in [-0.2, -0.15) is 5.10 Å². The summed E-state index contributed by atoms with van der Waals surface area (Å²) in [6, 6.07) is 0. The minimum Gasteiger partial charge on any atom is -0.367 e. The summed E-state index contributed by atoms with van der Waals surface area (Å²) in [6.07, 6.45) is 2.12. The van der Waals surface area contributed by atoms with E-state index in [2.05, 4.69) is 15.2 Å². The highest BCUT2D eigenvalue weighted by Crippen LogP contribution is 2.32. The second-order valence-corrected chi connectivity index (χ2v) is 3.43. The Labute approximate surface area is 71.3 Å². The highest BCUT2D eigenvalue weighted by atomic mass is 16.5. The van der Waals surface area contributed by atoms with Crippen molar-refractivity contribution in [1.82, 2.24) is 15.2 Å². The third kappa shape index (κ3) is 1.12. The van der Waals surface area contributed by atoms with E-state index in [0.29, 0.717) is 0 Å². The van der Waals surface area contributed by atoms with Crippen molar-refractivity contribution >= 4 is 0 Å². The number of nitrogens with zero attached hydrogens (tertiary/aromatic N) is 2. The van der Waals surface area contributed by atoms with Crippen molar-refractivity contribution in [3.8, 4) is 0 Å². The van der Waals surface area contributed by atoms with Crippen LogP contribution in [-0.4, -0.2) is 21.8 Å². The van der Waals surface area contributed by atoms with Gasteiger partial charge in [-0.3, -0.25) is 5.10 Å². The molecule has 0 amide bonds. The number of aromatic amines is 1. The zero-order valence-electron chi connectivity index (χ0n) is 7.42. The fourth-order valence-electron chi connectivity index (χ4n) is 1.53. The lowest BCUT2D eigenvalue weighted by molar-refractivity contribution is 0.00960. The summed E-state index contributed by atoms with van der Waals surface area (Å²) in [5.74, 6) is 1.64. The lowest BCUT2D eigenvalue weighted by Gasteiger charge is -2.18. The average molecular weight is 167 g/mol. The lowest BCUT2D eigenvalue weighted by Crippen LogP contribution is -2.21. The van der Waals surface area contributed by atoms with Crippen molar-refractivity contribution in [2.45, 2.75) is 32.3 Å². The van der Waals surface area contributed by atoms with Gasteiger partial charge in [0.1, 0.15) is 11.4 Å². The van der Waals surface area contributed by atoms with E-state index in [-0.39, 0.29) is 5.60 Å². The number of hydrogen-bond donors (Lipinski definition) is 1. The van der Waals surface area contributed by atoms with Gasteiger partial charge in [0.25, 0.3) is 0 Å². The van der Waals surface area contributed by atoms with E-state index in [0.717, 1.165) is 31.1 Å². The number of aryl methyl sites for hydroxylation is 1. The van der Waals surface area contributed by atoms with E-state index < -0.39 is 0 Å². The van der Waals surface area contributed by atoms with E-state index >= 15 is 0 Å². The quantitative estimate of drug-likeness (QED) is 0.682. The van der Waals surface area contributed by atoms with Gasteiger partial charge in [-0.1, -0.05) is 0 Å². The number of H-pyrrole nitrogens is 1. The molecule has 1 aliphatic rings. The molecule has 0 aromatic carbocycles. The normalized spacial score (nSPS) is 29.5. The van der Waals surface area contributed by atoms with Gasteiger partial charge in [-0.25, -0.2) is 4.98 Å². The Balaban J connectivity index is 2.28. The number of aromatic nitrogens is 3. The first kappa shape index (κ1) is 7.73. The van der Waals surface area contributed by atoms with Crippen molar-refractivity contribution in [2.75, 3.05) is 6.61 Å². The van der Waals surface area contributed by atoms with Crippen LogP contribution >= 0.6 is 0 Å². The molecule has 1 aromatic heterocycles. The molecular formula is C8H13N3O. The Kier molecular flexibility index (Phi) is 1.65. The number of rotatable bonds is 1. The predicted molar refractivity (Wildman–Crippen MR) is 43.7 cm³/mol. The highest BCUT2D eigenvalue weighted by molar-refractivity contribution is 5.02. The van der Waals surface area contributed by atoms with Crippen LogP contribution in [0.15, 0.2) is 0 Å². The number of hydrogen-bond acceptors (Lipinski definition) is 3. The van der Waals surface area contributed by atoms with Crippen LogP contribution in [0.1, 0.15) is 31.4 Å². The second kappa shape index (κ2) is 2.55. The van der Waals surface area contributed by atoms with E-state index in [1.165, 1.54) is 0 Å². The third-order valence-corrected chi connectivity index (χ3v) is 2.29. The van der Waals surface area contributed by atoms with Gasteiger partial charge in [0, 0.05) is 6.61 Å².